The maximum absolute atomic E-state index is 9.32. The lowest BCUT2D eigenvalue weighted by atomic mass is 9.76. The molecule has 1 aliphatic carbocycles. The van der Waals surface area contributed by atoms with Crippen molar-refractivity contribution in [3.05, 3.63) is 24.3 Å². The minimum Gasteiger partial charge on any atom is -0.497 e. The first-order valence-corrected chi connectivity index (χ1v) is 6.21. The van der Waals surface area contributed by atoms with E-state index in [0.717, 1.165) is 11.5 Å². The van der Waals surface area contributed by atoms with Crippen LogP contribution < -0.4 is 9.47 Å². The van der Waals surface area contributed by atoms with Gasteiger partial charge >= 0.3 is 0 Å². The summed E-state index contributed by atoms with van der Waals surface area (Å²) in [5.74, 6) is 2.60. The Kier molecular flexibility index (Phi) is 4.26. The van der Waals surface area contributed by atoms with Gasteiger partial charge in [-0.05, 0) is 43.0 Å². The standard InChI is InChI=1S/C14H20O3/c1-16-13-5-7-14(8-6-13)17-10-12(9-15)11-3-2-4-11/h5-8,11-12,15H,2-4,9-10H2,1H3. The average Bonchev–Trinajstić information content (AvgIpc) is 2.32. The van der Waals surface area contributed by atoms with Crippen LogP contribution in [-0.4, -0.2) is 25.4 Å². The van der Waals surface area contributed by atoms with Crippen molar-refractivity contribution in [2.24, 2.45) is 11.8 Å². The summed E-state index contributed by atoms with van der Waals surface area (Å²) in [6, 6.07) is 7.56. The molecule has 1 unspecified atom stereocenters. The van der Waals surface area contributed by atoms with Gasteiger partial charge in [-0.15, -0.1) is 0 Å². The molecule has 1 aromatic rings. The van der Waals surface area contributed by atoms with Crippen molar-refractivity contribution in [3.8, 4) is 11.5 Å². The summed E-state index contributed by atoms with van der Waals surface area (Å²) in [7, 11) is 1.65. The molecule has 0 aromatic heterocycles. The topological polar surface area (TPSA) is 38.7 Å². The van der Waals surface area contributed by atoms with Gasteiger partial charge in [0, 0.05) is 12.5 Å². The maximum Gasteiger partial charge on any atom is 0.119 e. The number of rotatable bonds is 6. The second-order valence-corrected chi connectivity index (χ2v) is 4.62. The van der Waals surface area contributed by atoms with Crippen molar-refractivity contribution in [3.63, 3.8) is 0 Å². The monoisotopic (exact) mass is 236 g/mol. The van der Waals surface area contributed by atoms with Gasteiger partial charge in [0.25, 0.3) is 0 Å². The van der Waals surface area contributed by atoms with E-state index in [1.54, 1.807) is 7.11 Å². The lowest BCUT2D eigenvalue weighted by Crippen LogP contribution is -2.29. The van der Waals surface area contributed by atoms with Crippen molar-refractivity contribution < 1.29 is 14.6 Å². The maximum atomic E-state index is 9.32. The molecule has 3 nitrogen and oxygen atoms in total. The van der Waals surface area contributed by atoms with E-state index in [2.05, 4.69) is 0 Å². The highest BCUT2D eigenvalue weighted by Gasteiger charge is 2.27. The summed E-state index contributed by atoms with van der Waals surface area (Å²) in [4.78, 5) is 0. The summed E-state index contributed by atoms with van der Waals surface area (Å²) in [6.45, 7) is 0.828. The van der Waals surface area contributed by atoms with Crippen molar-refractivity contribution in [2.75, 3.05) is 20.3 Å². The zero-order valence-corrected chi connectivity index (χ0v) is 10.3. The van der Waals surface area contributed by atoms with Gasteiger partial charge in [-0.2, -0.15) is 0 Å². The minimum absolute atomic E-state index is 0.223. The van der Waals surface area contributed by atoms with Gasteiger partial charge in [0.1, 0.15) is 11.5 Å². The van der Waals surface area contributed by atoms with E-state index < -0.39 is 0 Å². The molecule has 0 aliphatic heterocycles. The van der Waals surface area contributed by atoms with Crippen LogP contribution in [0.15, 0.2) is 24.3 Å². The fourth-order valence-electron chi connectivity index (χ4n) is 2.12. The zero-order valence-electron chi connectivity index (χ0n) is 10.3. The Morgan fingerprint density at radius 3 is 2.35 bits per heavy atom. The highest BCUT2D eigenvalue weighted by molar-refractivity contribution is 5.31. The van der Waals surface area contributed by atoms with Crippen molar-refractivity contribution in [2.45, 2.75) is 19.3 Å². The molecule has 0 spiro atoms. The van der Waals surface area contributed by atoms with Crippen LogP contribution in [0.3, 0.4) is 0 Å². The van der Waals surface area contributed by atoms with E-state index in [-0.39, 0.29) is 12.5 Å². The molecule has 0 heterocycles. The molecular formula is C14H20O3. The molecular weight excluding hydrogens is 216 g/mol. The average molecular weight is 236 g/mol. The lowest BCUT2D eigenvalue weighted by Gasteiger charge is -2.32. The lowest BCUT2D eigenvalue weighted by molar-refractivity contribution is 0.0795. The summed E-state index contributed by atoms with van der Waals surface area (Å²) < 4.78 is 10.8. The first-order valence-electron chi connectivity index (χ1n) is 6.21. The van der Waals surface area contributed by atoms with Gasteiger partial charge in [-0.1, -0.05) is 6.42 Å². The van der Waals surface area contributed by atoms with Crippen LogP contribution in [0.1, 0.15) is 19.3 Å². The number of hydrogen-bond donors (Lipinski definition) is 1. The second kappa shape index (κ2) is 5.92. The first kappa shape index (κ1) is 12.2. The highest BCUT2D eigenvalue weighted by Crippen LogP contribution is 2.33. The minimum atomic E-state index is 0.223. The molecule has 1 saturated carbocycles. The summed E-state index contributed by atoms with van der Waals surface area (Å²) >= 11 is 0. The van der Waals surface area contributed by atoms with Crippen molar-refractivity contribution in [1.82, 2.24) is 0 Å². The number of benzene rings is 1. The van der Waals surface area contributed by atoms with Crippen LogP contribution >= 0.6 is 0 Å². The largest absolute Gasteiger partial charge is 0.497 e. The third-order valence-electron chi connectivity index (χ3n) is 3.57. The Morgan fingerprint density at radius 1 is 1.24 bits per heavy atom. The normalized spacial score (nSPS) is 17.3. The number of aliphatic hydroxyl groups excluding tert-OH is 1. The Balaban J connectivity index is 1.82. The van der Waals surface area contributed by atoms with E-state index in [0.29, 0.717) is 12.5 Å². The fraction of sp³-hybridized carbons (Fsp3) is 0.571. The molecule has 1 N–H and O–H groups in total. The Hall–Kier alpha value is -1.22. The molecule has 1 fully saturated rings. The molecule has 3 heteroatoms. The number of hydrogen-bond acceptors (Lipinski definition) is 3. The number of ether oxygens (including phenoxy) is 2. The summed E-state index contributed by atoms with van der Waals surface area (Å²) in [5, 5.41) is 9.32. The molecule has 0 amide bonds. The van der Waals surface area contributed by atoms with Gasteiger partial charge in [0.2, 0.25) is 0 Å². The quantitative estimate of drug-likeness (QED) is 0.824. The first-order chi connectivity index (χ1) is 8.33. The predicted octanol–water partition coefficient (Wildman–Crippen LogP) is 2.48. The molecule has 17 heavy (non-hydrogen) atoms. The van der Waals surface area contributed by atoms with Crippen molar-refractivity contribution >= 4 is 0 Å². The van der Waals surface area contributed by atoms with E-state index in [1.807, 2.05) is 24.3 Å². The summed E-state index contributed by atoms with van der Waals surface area (Å²) in [6.07, 6.45) is 3.76. The Bertz CT molecular complexity index is 330. The van der Waals surface area contributed by atoms with Gasteiger partial charge in [0.15, 0.2) is 0 Å². The van der Waals surface area contributed by atoms with Crippen LogP contribution in [0, 0.1) is 11.8 Å². The zero-order chi connectivity index (χ0) is 12.1. The van der Waals surface area contributed by atoms with Crippen LogP contribution in [0.5, 0.6) is 11.5 Å². The predicted molar refractivity (Wildman–Crippen MR) is 66.4 cm³/mol. The van der Waals surface area contributed by atoms with E-state index in [9.17, 15) is 5.11 Å². The molecule has 1 aromatic carbocycles. The van der Waals surface area contributed by atoms with Gasteiger partial charge in [0.05, 0.1) is 13.7 Å². The molecule has 2 rings (SSSR count). The van der Waals surface area contributed by atoms with Crippen LogP contribution in [-0.2, 0) is 0 Å². The van der Waals surface area contributed by atoms with Gasteiger partial charge in [-0.25, -0.2) is 0 Å². The molecule has 0 bridgehead atoms. The van der Waals surface area contributed by atoms with E-state index >= 15 is 0 Å². The third kappa shape index (κ3) is 3.13. The van der Waals surface area contributed by atoms with Crippen LogP contribution in [0.4, 0.5) is 0 Å². The van der Waals surface area contributed by atoms with E-state index in [1.165, 1.54) is 19.3 Å². The van der Waals surface area contributed by atoms with Gasteiger partial charge in [-0.3, -0.25) is 0 Å². The van der Waals surface area contributed by atoms with Gasteiger partial charge < -0.3 is 14.6 Å². The SMILES string of the molecule is COc1ccc(OCC(CO)C2CCC2)cc1. The van der Waals surface area contributed by atoms with Crippen LogP contribution in [0.25, 0.3) is 0 Å². The molecule has 94 valence electrons. The summed E-state index contributed by atoms with van der Waals surface area (Å²) in [5.41, 5.74) is 0. The molecule has 0 radical (unpaired) electrons. The Morgan fingerprint density at radius 2 is 1.88 bits per heavy atom. The molecule has 0 saturated heterocycles. The Labute approximate surface area is 102 Å². The third-order valence-corrected chi connectivity index (χ3v) is 3.57. The molecule has 1 aliphatic rings. The van der Waals surface area contributed by atoms with E-state index in [4.69, 9.17) is 9.47 Å². The van der Waals surface area contributed by atoms with Crippen LogP contribution in [0.2, 0.25) is 0 Å². The van der Waals surface area contributed by atoms with Crippen molar-refractivity contribution in [1.29, 1.82) is 0 Å². The number of aliphatic hydroxyl groups is 1. The molecule has 1 atom stereocenters. The smallest absolute Gasteiger partial charge is 0.119 e. The highest BCUT2D eigenvalue weighted by atomic mass is 16.5. The second-order valence-electron chi connectivity index (χ2n) is 4.62. The number of methoxy groups -OCH3 is 1. The fourth-order valence-corrected chi connectivity index (χ4v) is 2.12.